The first-order valence-corrected chi connectivity index (χ1v) is 11.6. The van der Waals surface area contributed by atoms with Crippen molar-refractivity contribution in [3.05, 3.63) is 66.0 Å². The standard InChI is InChI=1S/C26H32N4O3/c1-28-13-7-9-21(17-28)18-29(2)23(31)14-26(22-10-4-3-5-11-22)15-24(32)30(25(26)33)19-20-8-6-12-27-16-20/h3-6,8,10-12,16,21H,7,9,13-15,17-19H2,1-2H3/t21-,26-/m1/s1. The number of rotatable bonds is 7. The molecule has 0 aliphatic carbocycles. The van der Waals surface area contributed by atoms with Gasteiger partial charge in [-0.15, -0.1) is 0 Å². The highest BCUT2D eigenvalue weighted by atomic mass is 16.2. The van der Waals surface area contributed by atoms with Crippen LogP contribution < -0.4 is 0 Å². The van der Waals surface area contributed by atoms with Crippen LogP contribution in [0.4, 0.5) is 0 Å². The number of carbonyl (C=O) groups is 3. The van der Waals surface area contributed by atoms with Crippen LogP contribution in [0.2, 0.25) is 0 Å². The van der Waals surface area contributed by atoms with Crippen LogP contribution in [0.25, 0.3) is 0 Å². The Bertz CT molecular complexity index is 997. The lowest BCUT2D eigenvalue weighted by atomic mass is 9.75. The topological polar surface area (TPSA) is 73.8 Å². The highest BCUT2D eigenvalue weighted by Gasteiger charge is 2.54. The summed E-state index contributed by atoms with van der Waals surface area (Å²) in [6.07, 6.45) is 5.54. The van der Waals surface area contributed by atoms with Crippen LogP contribution in [0.5, 0.6) is 0 Å². The van der Waals surface area contributed by atoms with E-state index in [4.69, 9.17) is 0 Å². The number of pyridine rings is 1. The van der Waals surface area contributed by atoms with Gasteiger partial charge in [-0.25, -0.2) is 0 Å². The maximum absolute atomic E-state index is 13.7. The average molecular weight is 449 g/mol. The number of aromatic nitrogens is 1. The van der Waals surface area contributed by atoms with Gasteiger partial charge in [-0.05, 0) is 49.5 Å². The first-order valence-electron chi connectivity index (χ1n) is 11.6. The number of benzene rings is 1. The van der Waals surface area contributed by atoms with E-state index in [1.54, 1.807) is 23.4 Å². The van der Waals surface area contributed by atoms with E-state index < -0.39 is 5.41 Å². The van der Waals surface area contributed by atoms with Crippen LogP contribution in [-0.2, 0) is 26.3 Å². The van der Waals surface area contributed by atoms with Gasteiger partial charge in [-0.2, -0.15) is 0 Å². The van der Waals surface area contributed by atoms with Gasteiger partial charge in [0.15, 0.2) is 0 Å². The van der Waals surface area contributed by atoms with Crippen molar-refractivity contribution in [3.63, 3.8) is 0 Å². The predicted octanol–water partition coefficient (Wildman–Crippen LogP) is 2.47. The summed E-state index contributed by atoms with van der Waals surface area (Å²) in [5.41, 5.74) is 0.332. The number of likely N-dealkylation sites (tertiary alicyclic amines) is 2. The van der Waals surface area contributed by atoms with E-state index in [9.17, 15) is 14.4 Å². The number of carbonyl (C=O) groups excluding carboxylic acids is 3. The largest absolute Gasteiger partial charge is 0.345 e. The normalized spacial score (nSPS) is 23.7. The summed E-state index contributed by atoms with van der Waals surface area (Å²) in [5.74, 6) is -0.233. The molecule has 0 unspecified atom stereocenters. The minimum Gasteiger partial charge on any atom is -0.345 e. The summed E-state index contributed by atoms with van der Waals surface area (Å²) in [5, 5.41) is 0. The fourth-order valence-electron chi connectivity index (χ4n) is 5.16. The molecule has 174 valence electrons. The molecule has 0 bridgehead atoms. The van der Waals surface area contributed by atoms with E-state index in [0.29, 0.717) is 12.5 Å². The summed E-state index contributed by atoms with van der Waals surface area (Å²) < 4.78 is 0. The van der Waals surface area contributed by atoms with E-state index in [1.165, 1.54) is 4.90 Å². The Labute approximate surface area is 195 Å². The van der Waals surface area contributed by atoms with E-state index in [-0.39, 0.29) is 37.1 Å². The van der Waals surface area contributed by atoms with Crippen molar-refractivity contribution in [1.82, 2.24) is 19.7 Å². The Morgan fingerprint density at radius 1 is 1.18 bits per heavy atom. The van der Waals surface area contributed by atoms with Crippen molar-refractivity contribution < 1.29 is 14.4 Å². The number of imide groups is 1. The van der Waals surface area contributed by atoms with Crippen molar-refractivity contribution in [2.75, 3.05) is 33.7 Å². The molecule has 7 nitrogen and oxygen atoms in total. The molecule has 0 radical (unpaired) electrons. The zero-order valence-electron chi connectivity index (χ0n) is 19.4. The van der Waals surface area contributed by atoms with Crippen molar-refractivity contribution in [2.45, 2.75) is 37.6 Å². The predicted molar refractivity (Wildman–Crippen MR) is 125 cm³/mol. The minimum atomic E-state index is -1.17. The van der Waals surface area contributed by atoms with Gasteiger partial charge in [0, 0.05) is 45.4 Å². The van der Waals surface area contributed by atoms with Crippen LogP contribution in [0.15, 0.2) is 54.9 Å². The lowest BCUT2D eigenvalue weighted by molar-refractivity contribution is -0.143. The molecule has 0 N–H and O–H groups in total. The van der Waals surface area contributed by atoms with Gasteiger partial charge < -0.3 is 9.80 Å². The Hall–Kier alpha value is -3.06. The fourth-order valence-corrected chi connectivity index (χ4v) is 5.16. The molecular formula is C26H32N4O3. The first-order chi connectivity index (χ1) is 15.9. The van der Waals surface area contributed by atoms with Crippen molar-refractivity contribution in [1.29, 1.82) is 0 Å². The molecule has 2 aliphatic rings. The molecule has 0 saturated carbocycles. The lowest BCUT2D eigenvalue weighted by Crippen LogP contribution is -2.44. The quantitative estimate of drug-likeness (QED) is 0.609. The van der Waals surface area contributed by atoms with Gasteiger partial charge in [0.05, 0.1) is 12.0 Å². The lowest BCUT2D eigenvalue weighted by Gasteiger charge is -2.34. The number of hydrogen-bond acceptors (Lipinski definition) is 5. The third kappa shape index (κ3) is 4.98. The molecule has 0 spiro atoms. The second kappa shape index (κ2) is 9.83. The maximum atomic E-state index is 13.7. The van der Waals surface area contributed by atoms with Gasteiger partial charge in [-0.3, -0.25) is 24.3 Å². The first kappa shape index (κ1) is 23.1. The highest BCUT2D eigenvalue weighted by molar-refractivity contribution is 6.10. The van der Waals surface area contributed by atoms with Gasteiger partial charge in [-0.1, -0.05) is 36.4 Å². The van der Waals surface area contributed by atoms with Crippen molar-refractivity contribution >= 4 is 17.7 Å². The zero-order valence-corrected chi connectivity index (χ0v) is 19.4. The van der Waals surface area contributed by atoms with Crippen LogP contribution in [0.3, 0.4) is 0 Å². The fraction of sp³-hybridized carbons (Fsp3) is 0.462. The number of hydrogen-bond donors (Lipinski definition) is 0. The maximum Gasteiger partial charge on any atom is 0.241 e. The smallest absolute Gasteiger partial charge is 0.241 e. The molecular weight excluding hydrogens is 416 g/mol. The Morgan fingerprint density at radius 3 is 2.67 bits per heavy atom. The van der Waals surface area contributed by atoms with Gasteiger partial charge >= 0.3 is 0 Å². The van der Waals surface area contributed by atoms with E-state index in [2.05, 4.69) is 16.9 Å². The van der Waals surface area contributed by atoms with Crippen LogP contribution in [0.1, 0.15) is 36.8 Å². The zero-order chi connectivity index (χ0) is 23.4. The molecule has 33 heavy (non-hydrogen) atoms. The Morgan fingerprint density at radius 2 is 1.97 bits per heavy atom. The third-order valence-electron chi connectivity index (χ3n) is 6.93. The second-order valence-electron chi connectivity index (χ2n) is 9.49. The van der Waals surface area contributed by atoms with Crippen LogP contribution >= 0.6 is 0 Å². The highest BCUT2D eigenvalue weighted by Crippen LogP contribution is 2.41. The summed E-state index contributed by atoms with van der Waals surface area (Å²) in [6.45, 7) is 2.89. The van der Waals surface area contributed by atoms with Crippen molar-refractivity contribution in [2.24, 2.45) is 5.92 Å². The van der Waals surface area contributed by atoms with Gasteiger partial charge in [0.1, 0.15) is 0 Å². The number of piperidine rings is 1. The molecule has 1 aromatic heterocycles. The molecule has 2 atom stereocenters. The molecule has 1 aromatic carbocycles. The molecule has 2 saturated heterocycles. The van der Waals surface area contributed by atoms with E-state index in [1.807, 2.05) is 43.4 Å². The monoisotopic (exact) mass is 448 g/mol. The van der Waals surface area contributed by atoms with Crippen molar-refractivity contribution in [3.8, 4) is 0 Å². The second-order valence-corrected chi connectivity index (χ2v) is 9.49. The molecule has 7 heteroatoms. The third-order valence-corrected chi connectivity index (χ3v) is 6.93. The molecule has 2 aliphatic heterocycles. The van der Waals surface area contributed by atoms with Crippen LogP contribution in [-0.4, -0.2) is 71.1 Å². The molecule has 2 fully saturated rings. The molecule has 4 rings (SSSR count). The summed E-state index contributed by atoms with van der Waals surface area (Å²) in [7, 11) is 3.92. The Balaban J connectivity index is 1.56. The molecule has 3 amide bonds. The van der Waals surface area contributed by atoms with Gasteiger partial charge in [0.2, 0.25) is 17.7 Å². The SMILES string of the molecule is CN1CCC[C@@H](CN(C)C(=O)C[C@]2(c3ccccc3)CC(=O)N(Cc3cccnc3)C2=O)C1. The van der Waals surface area contributed by atoms with E-state index in [0.717, 1.165) is 37.1 Å². The summed E-state index contributed by atoms with van der Waals surface area (Å²) >= 11 is 0. The molecule has 3 heterocycles. The summed E-state index contributed by atoms with van der Waals surface area (Å²) in [4.78, 5) is 49.6. The molecule has 2 aromatic rings. The van der Waals surface area contributed by atoms with Crippen LogP contribution in [0, 0.1) is 5.92 Å². The Kier molecular flexibility index (Phi) is 6.88. The number of amides is 3. The number of nitrogens with zero attached hydrogens (tertiary/aromatic N) is 4. The average Bonchev–Trinajstić information content (AvgIpc) is 3.05. The van der Waals surface area contributed by atoms with Gasteiger partial charge in [0.25, 0.3) is 0 Å². The summed E-state index contributed by atoms with van der Waals surface area (Å²) in [6, 6.07) is 12.9. The minimum absolute atomic E-state index is 0.00184. The van der Waals surface area contributed by atoms with E-state index >= 15 is 0 Å².